The number of benzene rings is 1. The fourth-order valence-corrected chi connectivity index (χ4v) is 3.74. The average molecular weight is 314 g/mol. The van der Waals surface area contributed by atoms with Gasteiger partial charge < -0.3 is 5.11 Å². The minimum atomic E-state index is -3.77. The van der Waals surface area contributed by atoms with Crippen LogP contribution in [0.3, 0.4) is 0 Å². The summed E-state index contributed by atoms with van der Waals surface area (Å²) in [6.07, 6.45) is 2.71. The lowest BCUT2D eigenvalue weighted by atomic mass is 10.3. The molecule has 0 unspecified atom stereocenters. The Kier molecular flexibility index (Phi) is 4.48. The van der Waals surface area contributed by atoms with E-state index in [1.54, 1.807) is 0 Å². The molecule has 0 aromatic heterocycles. The maximum Gasteiger partial charge on any atom is 0.312 e. The molecule has 0 heterocycles. The predicted molar refractivity (Wildman–Crippen MR) is 76.5 cm³/mol. The van der Waals surface area contributed by atoms with Crippen LogP contribution in [0.4, 0.5) is 5.69 Å². The topological polar surface area (TPSA) is 101 Å². The monoisotopic (exact) mass is 314 g/mol. The molecule has 0 radical (unpaired) electrons. The number of phenolic OH excluding ortho intramolecular Hbond substituents is 1. The summed E-state index contributed by atoms with van der Waals surface area (Å²) in [5, 5.41) is 20.2. The van der Waals surface area contributed by atoms with E-state index in [4.69, 9.17) is 0 Å². The van der Waals surface area contributed by atoms with Crippen molar-refractivity contribution in [3.63, 3.8) is 0 Å². The normalized spacial score (nSPS) is 15.3. The Bertz CT molecular complexity index is 640. The van der Waals surface area contributed by atoms with Crippen LogP contribution in [0.15, 0.2) is 23.1 Å². The molecule has 0 amide bonds. The van der Waals surface area contributed by atoms with Gasteiger partial charge in [0.2, 0.25) is 10.0 Å². The Labute approximate surface area is 123 Å². The van der Waals surface area contributed by atoms with Crippen molar-refractivity contribution >= 4 is 15.7 Å². The van der Waals surface area contributed by atoms with Gasteiger partial charge in [-0.1, -0.05) is 6.92 Å². The van der Waals surface area contributed by atoms with E-state index in [1.165, 1.54) is 10.4 Å². The van der Waals surface area contributed by atoms with Crippen molar-refractivity contribution in [3.8, 4) is 5.75 Å². The fraction of sp³-hybridized carbons (Fsp3) is 0.538. The van der Waals surface area contributed by atoms with Crippen molar-refractivity contribution < 1.29 is 18.4 Å². The third-order valence-corrected chi connectivity index (χ3v) is 5.27. The second-order valence-corrected chi connectivity index (χ2v) is 7.15. The van der Waals surface area contributed by atoms with Crippen LogP contribution < -0.4 is 0 Å². The number of rotatable bonds is 7. The highest BCUT2D eigenvalue weighted by molar-refractivity contribution is 7.89. The Hall–Kier alpha value is -1.67. The zero-order chi connectivity index (χ0) is 15.6. The number of nitro benzene ring substituents is 1. The van der Waals surface area contributed by atoms with E-state index in [9.17, 15) is 23.6 Å². The molecule has 0 bridgehead atoms. The molecule has 0 aliphatic heterocycles. The minimum Gasteiger partial charge on any atom is -0.502 e. The third-order valence-electron chi connectivity index (χ3n) is 3.41. The molecule has 1 aliphatic carbocycles. The molecule has 7 nitrogen and oxygen atoms in total. The molecule has 2 rings (SSSR count). The van der Waals surface area contributed by atoms with E-state index in [0.29, 0.717) is 25.4 Å². The van der Waals surface area contributed by atoms with Crippen molar-refractivity contribution in [2.24, 2.45) is 5.92 Å². The number of phenols is 1. The molecule has 0 saturated heterocycles. The molecule has 1 aromatic rings. The molecule has 0 atom stereocenters. The van der Waals surface area contributed by atoms with E-state index in [1.807, 2.05) is 6.92 Å². The van der Waals surface area contributed by atoms with Crippen molar-refractivity contribution in [1.29, 1.82) is 0 Å². The van der Waals surface area contributed by atoms with Gasteiger partial charge in [0, 0.05) is 19.2 Å². The second-order valence-electron chi connectivity index (χ2n) is 5.21. The van der Waals surface area contributed by atoms with Gasteiger partial charge in [0.15, 0.2) is 5.75 Å². The Morgan fingerprint density at radius 2 is 2.10 bits per heavy atom. The Morgan fingerprint density at radius 3 is 2.62 bits per heavy atom. The molecular weight excluding hydrogens is 296 g/mol. The van der Waals surface area contributed by atoms with E-state index in [-0.39, 0.29) is 4.90 Å². The highest BCUT2D eigenvalue weighted by Gasteiger charge is 2.32. The number of aromatic hydroxyl groups is 1. The summed E-state index contributed by atoms with van der Waals surface area (Å²) in [4.78, 5) is 9.88. The van der Waals surface area contributed by atoms with Crippen molar-refractivity contribution in [1.82, 2.24) is 4.31 Å². The predicted octanol–water partition coefficient (Wildman–Crippen LogP) is 2.11. The van der Waals surface area contributed by atoms with E-state index in [0.717, 1.165) is 25.0 Å². The fourth-order valence-electron chi connectivity index (χ4n) is 2.11. The third kappa shape index (κ3) is 3.51. The van der Waals surface area contributed by atoms with Crippen molar-refractivity contribution in [2.45, 2.75) is 31.1 Å². The number of nitrogens with zero attached hydrogens (tertiary/aromatic N) is 2. The molecule has 1 saturated carbocycles. The smallest absolute Gasteiger partial charge is 0.312 e. The van der Waals surface area contributed by atoms with Gasteiger partial charge in [-0.3, -0.25) is 10.1 Å². The molecule has 0 spiro atoms. The SMILES string of the molecule is CCCN(CC1CC1)S(=O)(=O)c1ccc(O)c([N+](=O)[O-])c1. The van der Waals surface area contributed by atoms with Crippen LogP contribution in [0.25, 0.3) is 0 Å². The molecule has 1 aliphatic rings. The summed E-state index contributed by atoms with van der Waals surface area (Å²) in [6, 6.07) is 3.17. The van der Waals surface area contributed by atoms with Crippen LogP contribution in [0.2, 0.25) is 0 Å². The van der Waals surface area contributed by atoms with Gasteiger partial charge in [-0.15, -0.1) is 0 Å². The van der Waals surface area contributed by atoms with Gasteiger partial charge in [0.05, 0.1) is 9.82 Å². The van der Waals surface area contributed by atoms with Crippen molar-refractivity contribution in [2.75, 3.05) is 13.1 Å². The highest BCUT2D eigenvalue weighted by Crippen LogP contribution is 2.33. The molecule has 1 aromatic carbocycles. The summed E-state index contributed by atoms with van der Waals surface area (Å²) >= 11 is 0. The number of hydrogen-bond acceptors (Lipinski definition) is 5. The van der Waals surface area contributed by atoms with Gasteiger partial charge in [-0.05, 0) is 37.3 Å². The van der Waals surface area contributed by atoms with Crippen LogP contribution >= 0.6 is 0 Å². The lowest BCUT2D eigenvalue weighted by Gasteiger charge is -2.21. The van der Waals surface area contributed by atoms with Gasteiger partial charge in [-0.25, -0.2) is 8.42 Å². The van der Waals surface area contributed by atoms with Crippen LogP contribution in [0.1, 0.15) is 26.2 Å². The summed E-state index contributed by atoms with van der Waals surface area (Å²) in [5.41, 5.74) is -0.598. The van der Waals surface area contributed by atoms with Crippen LogP contribution in [0, 0.1) is 16.0 Å². The molecule has 1 fully saturated rings. The first-order valence-corrected chi connectivity index (χ1v) is 8.27. The highest BCUT2D eigenvalue weighted by atomic mass is 32.2. The van der Waals surface area contributed by atoms with Crippen LogP contribution in [-0.4, -0.2) is 35.8 Å². The van der Waals surface area contributed by atoms with Gasteiger partial charge in [-0.2, -0.15) is 4.31 Å². The molecule has 8 heteroatoms. The minimum absolute atomic E-state index is 0.152. The first kappa shape index (κ1) is 15.7. The number of nitro groups is 1. The largest absolute Gasteiger partial charge is 0.502 e. The lowest BCUT2D eigenvalue weighted by molar-refractivity contribution is -0.386. The summed E-state index contributed by atoms with van der Waals surface area (Å²) in [7, 11) is -3.77. The molecule has 116 valence electrons. The molecule has 1 N–H and O–H groups in total. The van der Waals surface area contributed by atoms with E-state index >= 15 is 0 Å². The zero-order valence-corrected chi connectivity index (χ0v) is 12.5. The van der Waals surface area contributed by atoms with Gasteiger partial charge >= 0.3 is 5.69 Å². The standard InChI is InChI=1S/C13H18N2O5S/c1-2-7-14(9-10-3-4-10)21(19,20)11-5-6-13(16)12(8-11)15(17)18/h5-6,8,10,16H,2-4,7,9H2,1H3. The maximum absolute atomic E-state index is 12.6. The Morgan fingerprint density at radius 1 is 1.43 bits per heavy atom. The van der Waals surface area contributed by atoms with E-state index in [2.05, 4.69) is 0 Å². The maximum atomic E-state index is 12.6. The van der Waals surface area contributed by atoms with Crippen LogP contribution in [-0.2, 0) is 10.0 Å². The number of sulfonamides is 1. The summed E-state index contributed by atoms with van der Waals surface area (Å²) in [5.74, 6) is -0.151. The number of hydrogen-bond donors (Lipinski definition) is 1. The van der Waals surface area contributed by atoms with Gasteiger partial charge in [0.25, 0.3) is 0 Å². The lowest BCUT2D eigenvalue weighted by Crippen LogP contribution is -2.33. The average Bonchev–Trinajstić information content (AvgIpc) is 3.22. The van der Waals surface area contributed by atoms with Gasteiger partial charge in [0.1, 0.15) is 0 Å². The first-order valence-electron chi connectivity index (χ1n) is 6.83. The Balaban J connectivity index is 2.36. The summed E-state index contributed by atoms with van der Waals surface area (Å²) in [6.45, 7) is 2.72. The molecule has 21 heavy (non-hydrogen) atoms. The van der Waals surface area contributed by atoms with E-state index < -0.39 is 26.4 Å². The quantitative estimate of drug-likeness (QED) is 0.613. The van der Waals surface area contributed by atoms with Crippen LogP contribution in [0.5, 0.6) is 5.75 Å². The zero-order valence-electron chi connectivity index (χ0n) is 11.7. The molecular formula is C13H18N2O5S. The summed E-state index contributed by atoms with van der Waals surface area (Å²) < 4.78 is 26.6. The van der Waals surface area contributed by atoms with Crippen molar-refractivity contribution in [3.05, 3.63) is 28.3 Å². The first-order chi connectivity index (χ1) is 9.86. The second kappa shape index (κ2) is 5.98.